The number of carbonyl (C=O) groups is 1. The number of hydrogen-bond donors (Lipinski definition) is 0. The van der Waals surface area contributed by atoms with Gasteiger partial charge in [-0.15, -0.1) is 0 Å². The summed E-state index contributed by atoms with van der Waals surface area (Å²) in [6.45, 7) is 1.71. The number of amides is 1. The van der Waals surface area contributed by atoms with Crippen LogP contribution in [0.1, 0.15) is 41.0 Å². The third-order valence-electron chi connectivity index (χ3n) is 8.38. The molecule has 2 bridgehead atoms. The molecule has 32 heavy (non-hydrogen) atoms. The Bertz CT molecular complexity index is 1160. The Balaban J connectivity index is 1.37. The van der Waals surface area contributed by atoms with Crippen LogP contribution in [-0.4, -0.2) is 31.0 Å². The summed E-state index contributed by atoms with van der Waals surface area (Å²) in [6, 6.07) is 28.0. The lowest BCUT2D eigenvalue weighted by Gasteiger charge is -2.55. The SMILES string of the molecule is COc1ccccc1CC(=O)N1CC2C3CCC(c4ccccc4)(c4ccccc43)C2C1. The molecule has 2 fully saturated rings. The monoisotopic (exact) mass is 423 g/mol. The number of fused-ring (bicyclic) bond motifs is 1. The number of rotatable bonds is 4. The van der Waals surface area contributed by atoms with Gasteiger partial charge in [0.1, 0.15) is 5.75 Å². The van der Waals surface area contributed by atoms with Crippen LogP contribution in [0.3, 0.4) is 0 Å². The van der Waals surface area contributed by atoms with Gasteiger partial charge in [0.15, 0.2) is 0 Å². The van der Waals surface area contributed by atoms with Crippen LogP contribution in [0.15, 0.2) is 78.9 Å². The van der Waals surface area contributed by atoms with Crippen LogP contribution in [0.4, 0.5) is 0 Å². The van der Waals surface area contributed by atoms with Gasteiger partial charge in [-0.1, -0.05) is 72.8 Å². The second-order valence-corrected chi connectivity index (χ2v) is 9.63. The summed E-state index contributed by atoms with van der Waals surface area (Å²) < 4.78 is 5.49. The minimum Gasteiger partial charge on any atom is -0.496 e. The van der Waals surface area contributed by atoms with Crippen molar-refractivity contribution in [3.63, 3.8) is 0 Å². The molecule has 0 spiro atoms. The van der Waals surface area contributed by atoms with Crippen LogP contribution in [-0.2, 0) is 16.6 Å². The van der Waals surface area contributed by atoms with Crippen molar-refractivity contribution in [2.24, 2.45) is 11.8 Å². The van der Waals surface area contributed by atoms with Gasteiger partial charge in [0.2, 0.25) is 5.91 Å². The summed E-state index contributed by atoms with van der Waals surface area (Å²) in [5.74, 6) is 2.58. The summed E-state index contributed by atoms with van der Waals surface area (Å²) >= 11 is 0. The normalized spacial score (nSPS) is 27.7. The van der Waals surface area contributed by atoms with Crippen molar-refractivity contribution in [2.45, 2.75) is 30.6 Å². The zero-order valence-corrected chi connectivity index (χ0v) is 18.5. The first-order valence-corrected chi connectivity index (χ1v) is 11.8. The molecule has 4 aliphatic rings. The molecule has 1 saturated heterocycles. The molecule has 3 nitrogen and oxygen atoms in total. The van der Waals surface area contributed by atoms with E-state index in [0.717, 1.165) is 24.4 Å². The lowest BCUT2D eigenvalue weighted by Crippen LogP contribution is -2.51. The fourth-order valence-electron chi connectivity index (χ4n) is 7.06. The zero-order chi connectivity index (χ0) is 21.7. The average Bonchev–Trinajstić information content (AvgIpc) is 3.33. The lowest BCUT2D eigenvalue weighted by molar-refractivity contribution is -0.129. The third-order valence-corrected chi connectivity index (χ3v) is 8.38. The van der Waals surface area contributed by atoms with Crippen LogP contribution < -0.4 is 4.74 Å². The van der Waals surface area contributed by atoms with Gasteiger partial charge in [0.25, 0.3) is 0 Å². The van der Waals surface area contributed by atoms with Crippen molar-refractivity contribution in [3.05, 3.63) is 101 Å². The number of ether oxygens (including phenoxy) is 1. The topological polar surface area (TPSA) is 29.5 Å². The Kier molecular flexibility index (Phi) is 4.60. The molecule has 3 aromatic carbocycles. The molecular weight excluding hydrogens is 394 g/mol. The molecule has 0 N–H and O–H groups in total. The average molecular weight is 424 g/mol. The number of methoxy groups -OCH3 is 1. The predicted molar refractivity (Wildman–Crippen MR) is 126 cm³/mol. The maximum absolute atomic E-state index is 13.4. The highest BCUT2D eigenvalue weighted by Crippen LogP contribution is 2.63. The highest BCUT2D eigenvalue weighted by atomic mass is 16.5. The van der Waals surface area contributed by atoms with Crippen molar-refractivity contribution in [1.82, 2.24) is 4.90 Å². The van der Waals surface area contributed by atoms with Crippen molar-refractivity contribution in [2.75, 3.05) is 20.2 Å². The largest absolute Gasteiger partial charge is 0.496 e. The molecular formula is C29H29NO2. The molecule has 3 heteroatoms. The first kappa shape index (κ1) is 19.6. The van der Waals surface area contributed by atoms with E-state index in [2.05, 4.69) is 59.5 Å². The van der Waals surface area contributed by atoms with E-state index in [1.807, 2.05) is 24.3 Å². The Hall–Kier alpha value is -3.07. The molecule has 0 aromatic heterocycles. The van der Waals surface area contributed by atoms with Crippen LogP contribution in [0.25, 0.3) is 0 Å². The van der Waals surface area contributed by atoms with E-state index in [1.54, 1.807) is 7.11 Å². The Morgan fingerprint density at radius 1 is 0.969 bits per heavy atom. The van der Waals surface area contributed by atoms with Gasteiger partial charge in [-0.25, -0.2) is 0 Å². The van der Waals surface area contributed by atoms with Gasteiger partial charge in [0, 0.05) is 24.1 Å². The molecule has 3 aromatic rings. The Morgan fingerprint density at radius 3 is 2.56 bits per heavy atom. The van der Waals surface area contributed by atoms with Crippen molar-refractivity contribution >= 4 is 5.91 Å². The molecule has 7 rings (SSSR count). The predicted octanol–water partition coefficient (Wildman–Crippen LogP) is 5.19. The molecule has 4 unspecified atom stereocenters. The molecule has 1 saturated carbocycles. The third kappa shape index (κ3) is 2.76. The quantitative estimate of drug-likeness (QED) is 0.578. The summed E-state index contributed by atoms with van der Waals surface area (Å²) in [7, 11) is 1.67. The molecule has 1 aliphatic heterocycles. The zero-order valence-electron chi connectivity index (χ0n) is 18.5. The standard InChI is InChI=1S/C29H29NO2/c1-32-27-14-8-5-9-20(27)17-28(31)30-18-24-22-15-16-29(26(24)19-30,21-10-3-2-4-11-21)25-13-7-6-12-23(22)25/h2-14,22,24,26H,15-19H2,1H3. The van der Waals surface area contributed by atoms with E-state index < -0.39 is 0 Å². The Morgan fingerprint density at radius 2 is 1.72 bits per heavy atom. The van der Waals surface area contributed by atoms with E-state index in [4.69, 9.17) is 4.74 Å². The van der Waals surface area contributed by atoms with E-state index in [9.17, 15) is 4.79 Å². The van der Waals surface area contributed by atoms with Gasteiger partial charge in [-0.2, -0.15) is 0 Å². The van der Waals surface area contributed by atoms with Gasteiger partial charge < -0.3 is 9.64 Å². The fraction of sp³-hybridized carbons (Fsp3) is 0.345. The summed E-state index contributed by atoms with van der Waals surface area (Å²) in [4.78, 5) is 15.6. The van der Waals surface area contributed by atoms with Crippen LogP contribution >= 0.6 is 0 Å². The second kappa shape index (κ2) is 7.51. The van der Waals surface area contributed by atoms with Gasteiger partial charge in [-0.05, 0) is 53.4 Å². The molecule has 1 heterocycles. The number of likely N-dealkylation sites (tertiary alicyclic amines) is 1. The van der Waals surface area contributed by atoms with Crippen molar-refractivity contribution in [3.8, 4) is 5.75 Å². The maximum Gasteiger partial charge on any atom is 0.227 e. The number of para-hydroxylation sites is 1. The molecule has 0 radical (unpaired) electrons. The Labute approximate surface area is 190 Å². The van der Waals surface area contributed by atoms with Crippen molar-refractivity contribution < 1.29 is 9.53 Å². The molecule has 162 valence electrons. The van der Waals surface area contributed by atoms with Crippen LogP contribution in [0.2, 0.25) is 0 Å². The van der Waals surface area contributed by atoms with Crippen LogP contribution in [0, 0.1) is 11.8 Å². The van der Waals surface area contributed by atoms with Crippen LogP contribution in [0.5, 0.6) is 5.75 Å². The lowest BCUT2D eigenvalue weighted by atomic mass is 9.47. The van der Waals surface area contributed by atoms with Gasteiger partial charge in [-0.3, -0.25) is 4.79 Å². The summed E-state index contributed by atoms with van der Waals surface area (Å²) in [5.41, 5.74) is 5.42. The number of benzene rings is 3. The molecule has 3 aliphatic carbocycles. The minimum absolute atomic E-state index is 0.0107. The highest BCUT2D eigenvalue weighted by Gasteiger charge is 2.59. The minimum atomic E-state index is 0.0107. The van der Waals surface area contributed by atoms with E-state index in [0.29, 0.717) is 24.2 Å². The smallest absolute Gasteiger partial charge is 0.227 e. The summed E-state index contributed by atoms with van der Waals surface area (Å²) in [5, 5.41) is 0. The fourth-order valence-corrected chi connectivity index (χ4v) is 7.06. The number of carbonyl (C=O) groups excluding carboxylic acids is 1. The molecule has 4 atom stereocenters. The summed E-state index contributed by atoms with van der Waals surface area (Å²) in [6.07, 6.45) is 2.79. The van der Waals surface area contributed by atoms with Crippen molar-refractivity contribution in [1.29, 1.82) is 0 Å². The number of hydrogen-bond acceptors (Lipinski definition) is 2. The second-order valence-electron chi connectivity index (χ2n) is 9.63. The van der Waals surface area contributed by atoms with E-state index in [1.165, 1.54) is 29.5 Å². The highest BCUT2D eigenvalue weighted by molar-refractivity contribution is 5.80. The first-order chi connectivity index (χ1) is 15.7. The van der Waals surface area contributed by atoms with E-state index >= 15 is 0 Å². The van der Waals surface area contributed by atoms with Gasteiger partial charge >= 0.3 is 0 Å². The first-order valence-electron chi connectivity index (χ1n) is 11.8. The van der Waals surface area contributed by atoms with Gasteiger partial charge in [0.05, 0.1) is 13.5 Å². The maximum atomic E-state index is 13.4. The molecule has 1 amide bonds. The van der Waals surface area contributed by atoms with E-state index in [-0.39, 0.29) is 11.3 Å². The number of nitrogens with zero attached hydrogens (tertiary/aromatic N) is 1.